The SMILES string of the molecule is O=C(Cc1ccccc1)N1CCC[C@@]2(CN(Cc3cc(=O)[nH]c(=O)[nH]3)CC[C@H]2O)C1. The minimum atomic E-state index is -0.514. The number of aliphatic hydroxyl groups excluding tert-OH is 1. The van der Waals surface area contributed by atoms with Crippen LogP contribution in [-0.4, -0.2) is 63.1 Å². The minimum Gasteiger partial charge on any atom is -0.392 e. The van der Waals surface area contributed by atoms with Crippen LogP contribution in [0.3, 0.4) is 0 Å². The number of aromatic amines is 2. The molecule has 2 aromatic rings. The van der Waals surface area contributed by atoms with Gasteiger partial charge in [0.15, 0.2) is 0 Å². The second-order valence-corrected chi connectivity index (χ2v) is 8.57. The van der Waals surface area contributed by atoms with Gasteiger partial charge >= 0.3 is 5.69 Å². The molecule has 3 heterocycles. The van der Waals surface area contributed by atoms with E-state index in [-0.39, 0.29) is 11.3 Å². The summed E-state index contributed by atoms with van der Waals surface area (Å²) in [4.78, 5) is 44.9. The van der Waals surface area contributed by atoms with Gasteiger partial charge in [-0.05, 0) is 24.8 Å². The largest absolute Gasteiger partial charge is 0.392 e. The third-order valence-electron chi connectivity index (χ3n) is 6.33. The molecule has 0 saturated carbocycles. The highest BCUT2D eigenvalue weighted by Crippen LogP contribution is 2.39. The zero-order valence-corrected chi connectivity index (χ0v) is 17.0. The van der Waals surface area contributed by atoms with Gasteiger partial charge in [0.1, 0.15) is 0 Å². The highest BCUT2D eigenvalue weighted by Gasteiger charge is 2.46. The highest BCUT2D eigenvalue weighted by molar-refractivity contribution is 5.79. The Kier molecular flexibility index (Phi) is 5.87. The summed E-state index contributed by atoms with van der Waals surface area (Å²) < 4.78 is 0. The maximum Gasteiger partial charge on any atom is 0.325 e. The van der Waals surface area contributed by atoms with Crippen molar-refractivity contribution < 1.29 is 9.90 Å². The molecule has 3 N–H and O–H groups in total. The summed E-state index contributed by atoms with van der Waals surface area (Å²) in [6.07, 6.45) is 2.21. The molecule has 1 aromatic heterocycles. The lowest BCUT2D eigenvalue weighted by Gasteiger charge is -2.51. The van der Waals surface area contributed by atoms with E-state index in [0.29, 0.717) is 51.3 Å². The monoisotopic (exact) mass is 412 g/mol. The molecule has 0 radical (unpaired) electrons. The highest BCUT2D eigenvalue weighted by atomic mass is 16.3. The van der Waals surface area contributed by atoms with Crippen LogP contribution >= 0.6 is 0 Å². The van der Waals surface area contributed by atoms with Gasteiger partial charge < -0.3 is 15.0 Å². The van der Waals surface area contributed by atoms with Gasteiger partial charge in [-0.25, -0.2) is 4.79 Å². The number of hydrogen-bond donors (Lipinski definition) is 3. The lowest BCUT2D eigenvalue weighted by atomic mass is 9.71. The van der Waals surface area contributed by atoms with E-state index in [0.717, 1.165) is 18.4 Å². The van der Waals surface area contributed by atoms with E-state index in [4.69, 9.17) is 0 Å². The Morgan fingerprint density at radius 3 is 2.70 bits per heavy atom. The fourth-order valence-corrected chi connectivity index (χ4v) is 4.88. The van der Waals surface area contributed by atoms with Crippen molar-refractivity contribution in [2.45, 2.75) is 38.3 Å². The van der Waals surface area contributed by atoms with Crippen LogP contribution < -0.4 is 11.2 Å². The second-order valence-electron chi connectivity index (χ2n) is 8.57. The van der Waals surface area contributed by atoms with Gasteiger partial charge in [0.25, 0.3) is 5.56 Å². The number of H-pyrrole nitrogens is 2. The summed E-state index contributed by atoms with van der Waals surface area (Å²) in [6.45, 7) is 2.98. The number of rotatable bonds is 4. The fraction of sp³-hybridized carbons (Fsp3) is 0.500. The molecule has 2 aliphatic rings. The van der Waals surface area contributed by atoms with Crippen LogP contribution in [0.1, 0.15) is 30.5 Å². The number of benzene rings is 1. The summed E-state index contributed by atoms with van der Waals surface area (Å²) >= 11 is 0. The number of nitrogens with one attached hydrogen (secondary N) is 2. The molecule has 0 aliphatic carbocycles. The van der Waals surface area contributed by atoms with Gasteiger partial charge in [-0.2, -0.15) is 0 Å². The average Bonchev–Trinajstić information content (AvgIpc) is 2.71. The van der Waals surface area contributed by atoms with Gasteiger partial charge in [0.05, 0.1) is 12.5 Å². The predicted molar refractivity (Wildman–Crippen MR) is 112 cm³/mol. The number of piperidine rings is 2. The maximum atomic E-state index is 12.9. The van der Waals surface area contributed by atoms with Crippen molar-refractivity contribution >= 4 is 5.91 Å². The third-order valence-corrected chi connectivity index (χ3v) is 6.33. The van der Waals surface area contributed by atoms with Crippen LogP contribution in [0.2, 0.25) is 0 Å². The van der Waals surface area contributed by atoms with Crippen LogP contribution in [0, 0.1) is 5.41 Å². The zero-order valence-electron chi connectivity index (χ0n) is 17.0. The molecule has 1 amide bonds. The quantitative estimate of drug-likeness (QED) is 0.677. The normalized spacial score (nSPS) is 24.8. The minimum absolute atomic E-state index is 0.0866. The van der Waals surface area contributed by atoms with Crippen molar-refractivity contribution in [2.75, 3.05) is 26.2 Å². The number of hydrogen-bond acceptors (Lipinski definition) is 5. The van der Waals surface area contributed by atoms with Crippen molar-refractivity contribution in [3.8, 4) is 0 Å². The summed E-state index contributed by atoms with van der Waals surface area (Å²) in [5, 5.41) is 10.9. The molecule has 4 rings (SSSR count). The smallest absolute Gasteiger partial charge is 0.325 e. The van der Waals surface area contributed by atoms with E-state index in [1.165, 1.54) is 6.07 Å². The molecule has 160 valence electrons. The summed E-state index contributed by atoms with van der Waals surface area (Å²) in [5.74, 6) is 0.0866. The van der Waals surface area contributed by atoms with Crippen molar-refractivity contribution in [3.05, 3.63) is 68.5 Å². The first-order valence-electron chi connectivity index (χ1n) is 10.5. The van der Waals surface area contributed by atoms with E-state index >= 15 is 0 Å². The Bertz CT molecular complexity index is 974. The molecular weight excluding hydrogens is 384 g/mol. The standard InChI is InChI=1S/C22H28N4O4/c27-18-7-10-25(13-17-12-19(28)24-21(30)23-17)14-22(18)8-4-9-26(15-22)20(29)11-16-5-2-1-3-6-16/h1-3,5-6,12,18,27H,4,7-11,13-15H2,(H2,23,24,28,30)/t18-,22-/m1/s1. The molecule has 1 spiro atoms. The van der Waals surface area contributed by atoms with Crippen LogP contribution in [0.25, 0.3) is 0 Å². The molecule has 0 unspecified atom stereocenters. The number of likely N-dealkylation sites (tertiary alicyclic amines) is 2. The van der Waals surface area contributed by atoms with Crippen molar-refractivity contribution in [2.24, 2.45) is 5.41 Å². The number of aromatic nitrogens is 2. The Balaban J connectivity index is 1.46. The number of nitrogens with zero attached hydrogens (tertiary/aromatic N) is 2. The number of carbonyl (C=O) groups excluding carboxylic acids is 1. The lowest BCUT2D eigenvalue weighted by Crippen LogP contribution is -2.59. The number of amides is 1. The van der Waals surface area contributed by atoms with Crippen LogP contribution in [-0.2, 0) is 17.8 Å². The Labute approximate surface area is 174 Å². The molecule has 0 bridgehead atoms. The number of carbonyl (C=O) groups is 1. The van der Waals surface area contributed by atoms with Crippen molar-refractivity contribution in [1.82, 2.24) is 19.8 Å². The first-order chi connectivity index (χ1) is 14.4. The van der Waals surface area contributed by atoms with E-state index in [2.05, 4.69) is 14.9 Å². The predicted octanol–water partition coefficient (Wildman–Crippen LogP) is 0.481. The average molecular weight is 412 g/mol. The molecule has 8 nitrogen and oxygen atoms in total. The van der Waals surface area contributed by atoms with Crippen LogP contribution in [0.5, 0.6) is 0 Å². The zero-order chi connectivity index (χ0) is 21.1. The Hall–Kier alpha value is -2.71. The summed E-state index contributed by atoms with van der Waals surface area (Å²) in [7, 11) is 0. The molecule has 2 fully saturated rings. The van der Waals surface area contributed by atoms with Crippen molar-refractivity contribution in [3.63, 3.8) is 0 Å². The molecule has 8 heteroatoms. The van der Waals surface area contributed by atoms with E-state index in [1.54, 1.807) is 0 Å². The lowest BCUT2D eigenvalue weighted by molar-refractivity contribution is -0.141. The second kappa shape index (κ2) is 8.57. The van der Waals surface area contributed by atoms with Gasteiger partial charge in [-0.3, -0.25) is 19.5 Å². The fourth-order valence-electron chi connectivity index (χ4n) is 4.88. The molecule has 30 heavy (non-hydrogen) atoms. The van der Waals surface area contributed by atoms with E-state index < -0.39 is 17.4 Å². The van der Waals surface area contributed by atoms with Gasteiger partial charge in [0, 0.05) is 49.9 Å². The van der Waals surface area contributed by atoms with E-state index in [1.807, 2.05) is 35.2 Å². The Morgan fingerprint density at radius 1 is 1.13 bits per heavy atom. The topological polar surface area (TPSA) is 110 Å². The van der Waals surface area contributed by atoms with Gasteiger partial charge in [-0.15, -0.1) is 0 Å². The molecule has 2 saturated heterocycles. The maximum absolute atomic E-state index is 12.9. The van der Waals surface area contributed by atoms with E-state index in [9.17, 15) is 19.5 Å². The molecular formula is C22H28N4O4. The third kappa shape index (κ3) is 4.55. The van der Waals surface area contributed by atoms with Gasteiger partial charge in [0.2, 0.25) is 5.91 Å². The first-order valence-corrected chi connectivity index (χ1v) is 10.5. The van der Waals surface area contributed by atoms with Crippen molar-refractivity contribution in [1.29, 1.82) is 0 Å². The molecule has 2 atom stereocenters. The Morgan fingerprint density at radius 2 is 1.93 bits per heavy atom. The van der Waals surface area contributed by atoms with Gasteiger partial charge in [-0.1, -0.05) is 30.3 Å². The van der Waals surface area contributed by atoms with Crippen LogP contribution in [0.4, 0.5) is 0 Å². The summed E-state index contributed by atoms with van der Waals surface area (Å²) in [6, 6.07) is 11.1. The first kappa shape index (κ1) is 20.6. The molecule has 2 aliphatic heterocycles. The van der Waals surface area contributed by atoms with Crippen LogP contribution in [0.15, 0.2) is 46.0 Å². The number of aliphatic hydroxyl groups is 1. The molecule has 1 aromatic carbocycles. The summed E-state index contributed by atoms with van der Waals surface area (Å²) in [5.41, 5.74) is 0.231.